The summed E-state index contributed by atoms with van der Waals surface area (Å²) in [4.78, 5) is 0. The maximum absolute atomic E-state index is 3.71. The Labute approximate surface area is 98.3 Å². The lowest BCUT2D eigenvalue weighted by Crippen LogP contribution is -1.87. The van der Waals surface area contributed by atoms with E-state index in [-0.39, 0.29) is 0 Å². The number of hydrogen-bond acceptors (Lipinski definition) is 2. The van der Waals surface area contributed by atoms with Crippen LogP contribution < -0.4 is 0 Å². The topological polar surface area (TPSA) is 30.7 Å². The van der Waals surface area contributed by atoms with Gasteiger partial charge in [0, 0.05) is 11.0 Å². The highest BCUT2D eigenvalue weighted by Gasteiger charge is 1.90. The number of benzene rings is 1. The molecule has 0 saturated heterocycles. The van der Waals surface area contributed by atoms with Crippen LogP contribution in [0, 0.1) is 0 Å². The van der Waals surface area contributed by atoms with Gasteiger partial charge in [0.2, 0.25) is 0 Å². The summed E-state index contributed by atoms with van der Waals surface area (Å²) >= 11 is 3.25. The minimum absolute atomic E-state index is 1.08. The lowest BCUT2D eigenvalue weighted by atomic mass is 10.3. The van der Waals surface area contributed by atoms with Crippen molar-refractivity contribution in [3.8, 4) is 5.69 Å². The highest BCUT2D eigenvalue weighted by atomic mass is 79.9. The highest BCUT2D eigenvalue weighted by Crippen LogP contribution is 2.03. The summed E-state index contributed by atoms with van der Waals surface area (Å²) in [5.74, 6) is 0. The Morgan fingerprint density at radius 1 is 1.13 bits per heavy atom. The molecule has 4 heteroatoms. The van der Waals surface area contributed by atoms with Gasteiger partial charge in [0.15, 0.2) is 0 Å². The van der Waals surface area contributed by atoms with E-state index >= 15 is 0 Å². The molecule has 0 aliphatic rings. The third-order valence-corrected chi connectivity index (χ3v) is 2.46. The molecule has 3 nitrogen and oxygen atoms in total. The Bertz CT molecular complexity index is 343. The summed E-state index contributed by atoms with van der Waals surface area (Å²) < 4.78 is 1.86. The summed E-state index contributed by atoms with van der Waals surface area (Å²) in [5, 5.41) is 8.55. The van der Waals surface area contributed by atoms with Crippen molar-refractivity contribution >= 4 is 15.9 Å². The first-order valence-corrected chi connectivity index (χ1v) is 5.96. The van der Waals surface area contributed by atoms with Crippen LogP contribution in [-0.4, -0.2) is 20.1 Å². The van der Waals surface area contributed by atoms with E-state index < -0.39 is 0 Å². The lowest BCUT2D eigenvalue weighted by molar-refractivity contribution is 1.06. The second-order valence-corrected chi connectivity index (χ2v) is 3.69. The molecule has 80 valence electrons. The maximum atomic E-state index is 3.71. The monoisotopic (exact) mass is 267 g/mol. The fourth-order valence-electron chi connectivity index (χ4n) is 0.934. The van der Waals surface area contributed by atoms with Crippen molar-refractivity contribution in [1.29, 1.82) is 0 Å². The number of para-hydroxylation sites is 1. The standard InChI is InChI=1S/C8H7N3.C3H7Br/c1-2-4-8(5-3-1)11-6-9-10-7-11;1-2-3-4/h1-7H;2-3H2,1H3. The summed E-state index contributed by atoms with van der Waals surface area (Å²) in [6.45, 7) is 2.13. The number of alkyl halides is 1. The molecule has 2 rings (SSSR count). The molecular formula is C11H14BrN3. The van der Waals surface area contributed by atoms with Crippen LogP contribution in [0.25, 0.3) is 5.69 Å². The lowest BCUT2D eigenvalue weighted by Gasteiger charge is -1.97. The average molecular weight is 268 g/mol. The molecule has 0 aliphatic carbocycles. The van der Waals surface area contributed by atoms with E-state index in [9.17, 15) is 0 Å². The van der Waals surface area contributed by atoms with Crippen molar-refractivity contribution in [2.45, 2.75) is 13.3 Å². The van der Waals surface area contributed by atoms with E-state index in [1.165, 1.54) is 6.42 Å². The first-order chi connectivity index (χ1) is 7.38. The first-order valence-electron chi connectivity index (χ1n) is 4.84. The SMILES string of the molecule is CCCBr.c1ccc(-n2cnnc2)cc1. The van der Waals surface area contributed by atoms with Crippen LogP contribution in [-0.2, 0) is 0 Å². The van der Waals surface area contributed by atoms with Crippen molar-refractivity contribution in [3.63, 3.8) is 0 Å². The van der Waals surface area contributed by atoms with Gasteiger partial charge in [-0.25, -0.2) is 0 Å². The molecule has 0 unspecified atom stereocenters. The van der Waals surface area contributed by atoms with Crippen LogP contribution in [0.2, 0.25) is 0 Å². The zero-order valence-electron chi connectivity index (χ0n) is 8.68. The number of halogens is 1. The van der Waals surface area contributed by atoms with E-state index in [4.69, 9.17) is 0 Å². The van der Waals surface area contributed by atoms with Crippen molar-refractivity contribution in [3.05, 3.63) is 43.0 Å². The fraction of sp³-hybridized carbons (Fsp3) is 0.273. The van der Waals surface area contributed by atoms with Crippen LogP contribution in [0.1, 0.15) is 13.3 Å². The van der Waals surface area contributed by atoms with Gasteiger partial charge in [-0.1, -0.05) is 41.1 Å². The van der Waals surface area contributed by atoms with Crippen molar-refractivity contribution < 1.29 is 0 Å². The average Bonchev–Trinajstić information content (AvgIpc) is 2.84. The Kier molecular flexibility index (Phi) is 5.70. The number of hydrogen-bond donors (Lipinski definition) is 0. The molecule has 0 amide bonds. The summed E-state index contributed by atoms with van der Waals surface area (Å²) in [6, 6.07) is 9.95. The van der Waals surface area contributed by atoms with Gasteiger partial charge in [-0.05, 0) is 18.6 Å². The van der Waals surface area contributed by atoms with E-state index in [0.717, 1.165) is 11.0 Å². The molecule has 2 aromatic rings. The minimum atomic E-state index is 1.08. The van der Waals surface area contributed by atoms with Gasteiger partial charge in [-0.15, -0.1) is 10.2 Å². The van der Waals surface area contributed by atoms with E-state index in [2.05, 4.69) is 33.1 Å². The molecular weight excluding hydrogens is 254 g/mol. The smallest absolute Gasteiger partial charge is 0.123 e. The van der Waals surface area contributed by atoms with Crippen LogP contribution in [0.15, 0.2) is 43.0 Å². The molecule has 1 aromatic heterocycles. The van der Waals surface area contributed by atoms with E-state index in [1.807, 2.05) is 34.9 Å². The van der Waals surface area contributed by atoms with Gasteiger partial charge in [0.1, 0.15) is 12.7 Å². The molecule has 0 spiro atoms. The Balaban J connectivity index is 0.000000245. The molecule has 1 aromatic carbocycles. The minimum Gasteiger partial charge on any atom is -0.288 e. The fourth-order valence-corrected chi connectivity index (χ4v) is 0.934. The van der Waals surface area contributed by atoms with Gasteiger partial charge < -0.3 is 0 Å². The zero-order valence-corrected chi connectivity index (χ0v) is 10.3. The highest BCUT2D eigenvalue weighted by molar-refractivity contribution is 9.09. The summed E-state index contributed by atoms with van der Waals surface area (Å²) in [5.41, 5.74) is 1.08. The molecule has 0 atom stereocenters. The van der Waals surface area contributed by atoms with E-state index in [1.54, 1.807) is 12.7 Å². The third kappa shape index (κ3) is 4.25. The number of aromatic nitrogens is 3. The second kappa shape index (κ2) is 7.17. The third-order valence-electron chi connectivity index (χ3n) is 1.66. The van der Waals surface area contributed by atoms with Crippen molar-refractivity contribution in [2.75, 3.05) is 5.33 Å². The van der Waals surface area contributed by atoms with Crippen LogP contribution in [0.5, 0.6) is 0 Å². The van der Waals surface area contributed by atoms with Gasteiger partial charge in [0.05, 0.1) is 0 Å². The van der Waals surface area contributed by atoms with Gasteiger partial charge in [-0.2, -0.15) is 0 Å². The van der Waals surface area contributed by atoms with Crippen molar-refractivity contribution in [1.82, 2.24) is 14.8 Å². The zero-order chi connectivity index (χ0) is 10.9. The molecule has 0 fully saturated rings. The second-order valence-electron chi connectivity index (χ2n) is 2.89. The summed E-state index contributed by atoms with van der Waals surface area (Å²) in [7, 11) is 0. The Hall–Kier alpha value is -1.16. The number of rotatable bonds is 2. The van der Waals surface area contributed by atoms with Crippen molar-refractivity contribution in [2.24, 2.45) is 0 Å². The molecule has 0 saturated carbocycles. The largest absolute Gasteiger partial charge is 0.288 e. The molecule has 0 aliphatic heterocycles. The predicted molar refractivity (Wildman–Crippen MR) is 65.4 cm³/mol. The first kappa shape index (κ1) is 11.9. The maximum Gasteiger partial charge on any atom is 0.123 e. The van der Waals surface area contributed by atoms with Gasteiger partial charge in [-0.3, -0.25) is 4.57 Å². The molecule has 0 radical (unpaired) electrons. The van der Waals surface area contributed by atoms with Gasteiger partial charge in [0.25, 0.3) is 0 Å². The Morgan fingerprint density at radius 2 is 1.67 bits per heavy atom. The molecule has 0 bridgehead atoms. The molecule has 1 heterocycles. The predicted octanol–water partition coefficient (Wildman–Crippen LogP) is 3.06. The Morgan fingerprint density at radius 3 is 2.13 bits per heavy atom. The quantitative estimate of drug-likeness (QED) is 0.784. The van der Waals surface area contributed by atoms with Crippen LogP contribution >= 0.6 is 15.9 Å². The van der Waals surface area contributed by atoms with Gasteiger partial charge >= 0.3 is 0 Å². The normalized spacial score (nSPS) is 9.20. The number of nitrogens with zero attached hydrogens (tertiary/aromatic N) is 3. The summed E-state index contributed by atoms with van der Waals surface area (Å²) in [6.07, 6.45) is 4.59. The van der Waals surface area contributed by atoms with E-state index in [0.29, 0.717) is 0 Å². The van der Waals surface area contributed by atoms with Crippen LogP contribution in [0.3, 0.4) is 0 Å². The molecule has 0 N–H and O–H groups in total. The molecule has 15 heavy (non-hydrogen) atoms. The van der Waals surface area contributed by atoms with Crippen LogP contribution in [0.4, 0.5) is 0 Å².